The fourth-order valence-electron chi connectivity index (χ4n) is 1.50. The van der Waals surface area contributed by atoms with Gasteiger partial charge in [-0.1, -0.05) is 0 Å². The molecule has 0 saturated carbocycles. The summed E-state index contributed by atoms with van der Waals surface area (Å²) in [5.41, 5.74) is -1.17. The van der Waals surface area contributed by atoms with Gasteiger partial charge in [0, 0.05) is 13.6 Å². The third-order valence-electron chi connectivity index (χ3n) is 2.55. The molecule has 0 unspecified atom stereocenters. The average Bonchev–Trinajstić information content (AvgIpc) is 2.64. The molecule has 2 aromatic heterocycles. The highest BCUT2D eigenvalue weighted by molar-refractivity contribution is 6.66. The smallest absolute Gasteiger partial charge is 0.445 e. The van der Waals surface area contributed by atoms with Gasteiger partial charge in [0.25, 0.3) is 5.56 Å². The molecule has 2 aromatic rings. The lowest BCUT2D eigenvalue weighted by Gasteiger charge is -2.18. The van der Waals surface area contributed by atoms with Gasteiger partial charge in [-0.25, -0.2) is 4.98 Å². The lowest BCUT2D eigenvalue weighted by Crippen LogP contribution is -2.28. The van der Waals surface area contributed by atoms with Crippen molar-refractivity contribution in [3.8, 4) is 0 Å². The number of halogens is 3. The van der Waals surface area contributed by atoms with Gasteiger partial charge in [-0.2, -0.15) is 5.10 Å². The van der Waals surface area contributed by atoms with E-state index in [0.717, 1.165) is 10.9 Å². The quantitative estimate of drug-likeness (QED) is 0.773. The van der Waals surface area contributed by atoms with Gasteiger partial charge in [-0.3, -0.25) is 14.0 Å². The van der Waals surface area contributed by atoms with Crippen molar-refractivity contribution in [2.45, 2.75) is 6.54 Å². The summed E-state index contributed by atoms with van der Waals surface area (Å²) in [6, 6.07) is 0. The van der Waals surface area contributed by atoms with Crippen LogP contribution in [0.15, 0.2) is 29.4 Å². The number of allylic oxidation sites excluding steroid dienone is 1. The van der Waals surface area contributed by atoms with E-state index in [1.807, 2.05) is 0 Å². The number of hydrogen-bond donors (Lipinski definition) is 0. The molecular formula is C9H9BF3N4O-. The van der Waals surface area contributed by atoms with E-state index in [1.165, 1.54) is 10.9 Å². The Morgan fingerprint density at radius 3 is 2.78 bits per heavy atom. The molecule has 0 N–H and O–H groups in total. The molecule has 2 rings (SSSR count). The van der Waals surface area contributed by atoms with Crippen molar-refractivity contribution in [3.63, 3.8) is 0 Å². The van der Waals surface area contributed by atoms with Crippen LogP contribution in [0.2, 0.25) is 0 Å². The van der Waals surface area contributed by atoms with Crippen molar-refractivity contribution in [3.05, 3.63) is 34.9 Å². The van der Waals surface area contributed by atoms with Crippen LogP contribution in [0.3, 0.4) is 0 Å². The molecule has 96 valence electrons. The molecule has 18 heavy (non-hydrogen) atoms. The highest BCUT2D eigenvalue weighted by atomic mass is 19.4. The Kier molecular flexibility index (Phi) is 2.76. The Labute approximate surface area is 99.6 Å². The lowest BCUT2D eigenvalue weighted by atomic mass is 9.80. The van der Waals surface area contributed by atoms with Crippen LogP contribution in [0.4, 0.5) is 12.9 Å². The van der Waals surface area contributed by atoms with Crippen molar-refractivity contribution < 1.29 is 12.9 Å². The van der Waals surface area contributed by atoms with Crippen LogP contribution in [-0.4, -0.2) is 26.3 Å². The third-order valence-corrected chi connectivity index (χ3v) is 2.55. The Bertz CT molecular complexity index is 672. The Balaban J connectivity index is 2.45. The van der Waals surface area contributed by atoms with E-state index in [-0.39, 0.29) is 5.39 Å². The van der Waals surface area contributed by atoms with E-state index < -0.39 is 24.6 Å². The van der Waals surface area contributed by atoms with Gasteiger partial charge in [-0.05, 0) is 0 Å². The van der Waals surface area contributed by atoms with Gasteiger partial charge in [0.1, 0.15) is 11.7 Å². The summed E-state index contributed by atoms with van der Waals surface area (Å²) in [6.07, 6.45) is 2.35. The first kappa shape index (κ1) is 12.4. The standard InChI is InChI=1S/C9H9BF3N4O/c1-6(10(11,12)13)4-17-5-14-8-7(9(17)18)3-15-16(8)2/h3,5H,1,4H2,2H3/q-1. The summed E-state index contributed by atoms with van der Waals surface area (Å²) in [5.74, 6) is 0. The van der Waals surface area contributed by atoms with Crippen LogP contribution < -0.4 is 5.56 Å². The molecule has 0 fully saturated rings. The summed E-state index contributed by atoms with van der Waals surface area (Å²) in [5, 5.41) is 4.01. The first-order valence-electron chi connectivity index (χ1n) is 5.05. The predicted molar refractivity (Wildman–Crippen MR) is 61.0 cm³/mol. The monoisotopic (exact) mass is 257 g/mol. The lowest BCUT2D eigenvalue weighted by molar-refractivity contribution is 0.481. The molecule has 0 aliphatic carbocycles. The number of nitrogens with zero attached hydrogens (tertiary/aromatic N) is 4. The maximum atomic E-state index is 12.4. The van der Waals surface area contributed by atoms with E-state index in [2.05, 4.69) is 16.7 Å². The zero-order valence-electron chi connectivity index (χ0n) is 9.48. The van der Waals surface area contributed by atoms with Gasteiger partial charge in [0.2, 0.25) is 0 Å². The molecule has 0 aliphatic heterocycles. The fourth-order valence-corrected chi connectivity index (χ4v) is 1.50. The molecule has 0 spiro atoms. The number of hydrogen-bond acceptors (Lipinski definition) is 3. The molecular weight excluding hydrogens is 248 g/mol. The summed E-state index contributed by atoms with van der Waals surface area (Å²) in [6.45, 7) is -2.83. The highest BCUT2D eigenvalue weighted by Gasteiger charge is 2.27. The van der Waals surface area contributed by atoms with Crippen molar-refractivity contribution in [2.75, 3.05) is 0 Å². The number of rotatable bonds is 3. The van der Waals surface area contributed by atoms with Crippen LogP contribution in [0.5, 0.6) is 0 Å². The van der Waals surface area contributed by atoms with Crippen molar-refractivity contribution in [1.82, 2.24) is 19.3 Å². The van der Waals surface area contributed by atoms with Gasteiger partial charge in [0.05, 0.1) is 6.20 Å². The first-order valence-corrected chi connectivity index (χ1v) is 5.05. The minimum atomic E-state index is -5.16. The van der Waals surface area contributed by atoms with Crippen LogP contribution in [0.1, 0.15) is 0 Å². The Morgan fingerprint density at radius 1 is 1.50 bits per heavy atom. The molecule has 0 amide bonds. The zero-order chi connectivity index (χ0) is 13.5. The zero-order valence-corrected chi connectivity index (χ0v) is 9.48. The van der Waals surface area contributed by atoms with Gasteiger partial charge in [0.15, 0.2) is 5.65 Å². The second kappa shape index (κ2) is 4.00. The number of aryl methyl sites for hydroxylation is 1. The molecule has 0 atom stereocenters. The van der Waals surface area contributed by atoms with E-state index in [9.17, 15) is 17.7 Å². The third kappa shape index (κ3) is 2.03. The predicted octanol–water partition coefficient (Wildman–Crippen LogP) is 1.07. The van der Waals surface area contributed by atoms with Crippen molar-refractivity contribution >= 4 is 18.0 Å². The van der Waals surface area contributed by atoms with E-state index in [4.69, 9.17) is 0 Å². The number of fused-ring (bicyclic) bond motifs is 1. The normalized spacial score (nSPS) is 12.0. The molecule has 5 nitrogen and oxygen atoms in total. The van der Waals surface area contributed by atoms with Gasteiger partial charge < -0.3 is 12.9 Å². The van der Waals surface area contributed by atoms with Crippen LogP contribution in [0, 0.1) is 0 Å². The minimum absolute atomic E-state index is 0.183. The van der Waals surface area contributed by atoms with Crippen LogP contribution in [-0.2, 0) is 13.6 Å². The van der Waals surface area contributed by atoms with E-state index in [1.54, 1.807) is 7.05 Å². The summed E-state index contributed by atoms with van der Waals surface area (Å²) >= 11 is 0. The summed E-state index contributed by atoms with van der Waals surface area (Å²) in [4.78, 5) is 15.8. The van der Waals surface area contributed by atoms with Crippen molar-refractivity contribution in [1.29, 1.82) is 0 Å². The Hall–Kier alpha value is -2.06. The SMILES string of the molecule is C=C(Cn1cnc2c(cnn2C)c1=O)[B-](F)(F)F. The molecule has 0 aromatic carbocycles. The van der Waals surface area contributed by atoms with Crippen molar-refractivity contribution in [2.24, 2.45) is 7.05 Å². The molecule has 0 aliphatic rings. The maximum absolute atomic E-state index is 12.4. The van der Waals surface area contributed by atoms with Gasteiger partial charge >= 0.3 is 6.98 Å². The molecule has 0 radical (unpaired) electrons. The molecule has 0 saturated heterocycles. The summed E-state index contributed by atoms with van der Waals surface area (Å²) < 4.78 is 39.4. The van der Waals surface area contributed by atoms with E-state index >= 15 is 0 Å². The average molecular weight is 257 g/mol. The van der Waals surface area contributed by atoms with Gasteiger partial charge in [-0.15, -0.1) is 12.1 Å². The highest BCUT2D eigenvalue weighted by Crippen LogP contribution is 2.19. The second-order valence-corrected chi connectivity index (χ2v) is 3.92. The molecule has 0 bridgehead atoms. The second-order valence-electron chi connectivity index (χ2n) is 3.92. The van der Waals surface area contributed by atoms with Crippen LogP contribution in [0.25, 0.3) is 11.0 Å². The summed E-state index contributed by atoms with van der Waals surface area (Å²) in [7, 11) is 1.59. The largest absolute Gasteiger partial charge is 0.506 e. The molecule has 2 heterocycles. The van der Waals surface area contributed by atoms with E-state index in [0.29, 0.717) is 5.65 Å². The van der Waals surface area contributed by atoms with Crippen LogP contribution >= 0.6 is 0 Å². The Morgan fingerprint density at radius 2 is 2.17 bits per heavy atom. The topological polar surface area (TPSA) is 52.7 Å². The minimum Gasteiger partial charge on any atom is -0.445 e. The first-order chi connectivity index (χ1) is 8.30. The maximum Gasteiger partial charge on any atom is 0.506 e. The fraction of sp³-hybridized carbons (Fsp3) is 0.222. The molecule has 9 heteroatoms. The number of aromatic nitrogens is 4.